The summed E-state index contributed by atoms with van der Waals surface area (Å²) in [6.07, 6.45) is 0. The van der Waals surface area contributed by atoms with Gasteiger partial charge in [-0.25, -0.2) is 4.98 Å². The number of nitrogens with zero attached hydrogens (tertiary/aromatic N) is 2. The number of fused-ring (bicyclic) bond motifs is 1. The molecule has 2 N–H and O–H groups in total. The third kappa shape index (κ3) is 2.28. The fourth-order valence-electron chi connectivity index (χ4n) is 2.70. The molecule has 0 spiro atoms. The molecule has 0 unspecified atom stereocenters. The highest BCUT2D eigenvalue weighted by Gasteiger charge is 2.21. The molecule has 2 aromatic heterocycles. The number of imidazole rings is 1. The summed E-state index contributed by atoms with van der Waals surface area (Å²) in [7, 11) is 0. The number of thiophene rings is 1. The molecule has 0 atom stereocenters. The Morgan fingerprint density at radius 2 is 2.00 bits per heavy atom. The number of rotatable bonds is 2. The maximum absolute atomic E-state index is 6.25. The van der Waals surface area contributed by atoms with E-state index in [0.717, 1.165) is 31.9 Å². The second kappa shape index (κ2) is 5.14. The molecule has 0 saturated carbocycles. The van der Waals surface area contributed by atoms with Crippen LogP contribution in [0, 0.1) is 13.8 Å². The average Bonchev–Trinajstić information content (AvgIpc) is 2.87. The first kappa shape index (κ1) is 14.6. The van der Waals surface area contributed by atoms with E-state index in [-0.39, 0.29) is 0 Å². The van der Waals surface area contributed by atoms with Gasteiger partial charge in [-0.15, -0.1) is 11.3 Å². The van der Waals surface area contributed by atoms with Gasteiger partial charge in [0.2, 0.25) is 0 Å². The largest absolute Gasteiger partial charge is 0.390 e. The number of halogens is 1. The third-order valence-electron chi connectivity index (χ3n) is 3.80. The summed E-state index contributed by atoms with van der Waals surface area (Å²) in [4.78, 5) is 6.12. The summed E-state index contributed by atoms with van der Waals surface area (Å²) in [5, 5.41) is 0.848. The van der Waals surface area contributed by atoms with Crippen LogP contribution >= 0.6 is 27.3 Å². The van der Waals surface area contributed by atoms with E-state index in [4.69, 9.17) is 10.7 Å². The van der Waals surface area contributed by atoms with Gasteiger partial charge in [0.25, 0.3) is 0 Å². The molecule has 0 bridgehead atoms. The van der Waals surface area contributed by atoms with Crippen LogP contribution in [-0.2, 0) is 0 Å². The van der Waals surface area contributed by atoms with Gasteiger partial charge in [-0.2, -0.15) is 0 Å². The Labute approximate surface area is 136 Å². The number of benzene rings is 1. The van der Waals surface area contributed by atoms with E-state index in [1.807, 2.05) is 0 Å². The van der Waals surface area contributed by atoms with Gasteiger partial charge in [-0.3, -0.25) is 0 Å². The zero-order valence-corrected chi connectivity index (χ0v) is 15.0. The fourth-order valence-corrected chi connectivity index (χ4v) is 3.98. The lowest BCUT2D eigenvalue weighted by molar-refractivity contribution is 0.624. The van der Waals surface area contributed by atoms with Crippen molar-refractivity contribution < 1.29 is 0 Å². The molecule has 110 valence electrons. The molecule has 1 aromatic carbocycles. The summed E-state index contributed by atoms with van der Waals surface area (Å²) in [6.45, 7) is 8.59. The van der Waals surface area contributed by atoms with Crippen molar-refractivity contribution in [3.8, 4) is 11.4 Å². The molecule has 3 nitrogen and oxygen atoms in total. The summed E-state index contributed by atoms with van der Waals surface area (Å²) < 4.78 is 3.31. The molecule has 0 saturated heterocycles. The topological polar surface area (TPSA) is 43.8 Å². The summed E-state index contributed by atoms with van der Waals surface area (Å²) >= 11 is 5.16. The van der Waals surface area contributed by atoms with Crippen LogP contribution in [0.1, 0.15) is 30.3 Å². The minimum Gasteiger partial charge on any atom is -0.390 e. The van der Waals surface area contributed by atoms with E-state index in [0.29, 0.717) is 6.04 Å². The Kier molecular flexibility index (Phi) is 3.58. The summed E-state index contributed by atoms with van der Waals surface area (Å²) in [5.41, 5.74) is 10.7. The smallest absolute Gasteiger partial charge is 0.144 e. The predicted molar refractivity (Wildman–Crippen MR) is 95.0 cm³/mol. The highest BCUT2D eigenvalue weighted by molar-refractivity contribution is 9.10. The van der Waals surface area contributed by atoms with Gasteiger partial charge in [0.1, 0.15) is 5.82 Å². The molecule has 0 aliphatic carbocycles. The molecule has 0 aliphatic heterocycles. The Morgan fingerprint density at radius 1 is 1.29 bits per heavy atom. The van der Waals surface area contributed by atoms with Crippen LogP contribution in [0.15, 0.2) is 22.7 Å². The van der Waals surface area contributed by atoms with E-state index in [9.17, 15) is 0 Å². The number of aromatic nitrogens is 2. The number of aryl methyl sites for hydroxylation is 1. The van der Waals surface area contributed by atoms with Gasteiger partial charge >= 0.3 is 0 Å². The van der Waals surface area contributed by atoms with Crippen LogP contribution in [0.25, 0.3) is 22.4 Å². The Bertz CT molecular complexity index is 830. The average molecular weight is 364 g/mol. The van der Waals surface area contributed by atoms with Gasteiger partial charge < -0.3 is 10.3 Å². The van der Waals surface area contributed by atoms with Crippen molar-refractivity contribution in [3.05, 3.63) is 33.1 Å². The minimum absolute atomic E-state index is 0.324. The molecule has 5 heteroatoms. The van der Waals surface area contributed by atoms with Gasteiger partial charge in [0.05, 0.1) is 21.6 Å². The van der Waals surface area contributed by atoms with Gasteiger partial charge in [-0.1, -0.05) is 15.9 Å². The minimum atomic E-state index is 0.324. The Hall–Kier alpha value is -1.33. The van der Waals surface area contributed by atoms with Gasteiger partial charge in [-0.05, 0) is 51.5 Å². The molecule has 2 heterocycles. The SMILES string of the molecule is Cc1sc(N)c(-c2nc3cc(Br)ccc3n2C(C)C)c1C. The number of hydrogen-bond donors (Lipinski definition) is 1. The number of hydrogen-bond acceptors (Lipinski definition) is 3. The van der Waals surface area contributed by atoms with Crippen molar-refractivity contribution in [2.24, 2.45) is 0 Å². The van der Waals surface area contributed by atoms with Crippen molar-refractivity contribution in [2.45, 2.75) is 33.7 Å². The van der Waals surface area contributed by atoms with E-state index in [1.54, 1.807) is 11.3 Å². The lowest BCUT2D eigenvalue weighted by Gasteiger charge is -2.13. The van der Waals surface area contributed by atoms with Crippen LogP contribution in [0.5, 0.6) is 0 Å². The maximum atomic E-state index is 6.25. The summed E-state index contributed by atoms with van der Waals surface area (Å²) in [5.74, 6) is 0.970. The van der Waals surface area contributed by atoms with Crippen molar-refractivity contribution >= 4 is 43.3 Å². The van der Waals surface area contributed by atoms with Crippen molar-refractivity contribution in [1.29, 1.82) is 0 Å². The number of nitrogen functional groups attached to an aromatic ring is 1. The zero-order chi connectivity index (χ0) is 15.3. The van der Waals surface area contributed by atoms with E-state index in [1.165, 1.54) is 10.4 Å². The van der Waals surface area contributed by atoms with Crippen molar-refractivity contribution in [1.82, 2.24) is 9.55 Å². The lowest BCUT2D eigenvalue weighted by Crippen LogP contribution is -2.04. The predicted octanol–water partition coefficient (Wildman–Crippen LogP) is 5.31. The second-order valence-corrected chi connectivity index (χ2v) is 7.73. The van der Waals surface area contributed by atoms with Crippen LogP contribution in [-0.4, -0.2) is 9.55 Å². The molecular weight excluding hydrogens is 346 g/mol. The fraction of sp³-hybridized carbons (Fsp3) is 0.312. The first-order valence-electron chi connectivity index (χ1n) is 6.93. The molecular formula is C16H18BrN3S. The highest BCUT2D eigenvalue weighted by atomic mass is 79.9. The number of nitrogens with two attached hydrogens (primary N) is 1. The van der Waals surface area contributed by atoms with E-state index >= 15 is 0 Å². The van der Waals surface area contributed by atoms with Gasteiger partial charge in [0, 0.05) is 15.4 Å². The van der Waals surface area contributed by atoms with Crippen molar-refractivity contribution in [2.75, 3.05) is 5.73 Å². The normalized spacial score (nSPS) is 11.7. The maximum Gasteiger partial charge on any atom is 0.144 e. The second-order valence-electron chi connectivity index (χ2n) is 5.55. The number of anilines is 1. The Morgan fingerprint density at radius 3 is 2.57 bits per heavy atom. The van der Waals surface area contributed by atoms with E-state index < -0.39 is 0 Å². The quantitative estimate of drug-likeness (QED) is 0.670. The van der Waals surface area contributed by atoms with Crippen molar-refractivity contribution in [3.63, 3.8) is 0 Å². The van der Waals surface area contributed by atoms with E-state index in [2.05, 4.69) is 66.4 Å². The molecule has 0 radical (unpaired) electrons. The molecule has 21 heavy (non-hydrogen) atoms. The molecule has 3 rings (SSSR count). The van der Waals surface area contributed by atoms with Gasteiger partial charge in [0.15, 0.2) is 0 Å². The molecule has 3 aromatic rings. The lowest BCUT2D eigenvalue weighted by atomic mass is 10.1. The summed E-state index contributed by atoms with van der Waals surface area (Å²) in [6, 6.07) is 6.55. The van der Waals surface area contributed by atoms with Crippen LogP contribution in [0.2, 0.25) is 0 Å². The third-order valence-corrected chi connectivity index (χ3v) is 5.33. The first-order chi connectivity index (χ1) is 9.90. The highest BCUT2D eigenvalue weighted by Crippen LogP contribution is 2.40. The standard InChI is InChI=1S/C16H18BrN3S/c1-8(2)20-13-6-5-11(17)7-12(13)19-16(20)14-9(3)10(4)21-15(14)18/h5-8H,18H2,1-4H3. The molecule has 0 aliphatic rings. The Balaban J connectivity index is 2.39. The van der Waals surface area contributed by atoms with Crippen LogP contribution in [0.4, 0.5) is 5.00 Å². The zero-order valence-electron chi connectivity index (χ0n) is 12.6. The van der Waals surface area contributed by atoms with Crippen LogP contribution < -0.4 is 5.73 Å². The monoisotopic (exact) mass is 363 g/mol. The molecule has 0 fully saturated rings. The van der Waals surface area contributed by atoms with Crippen LogP contribution in [0.3, 0.4) is 0 Å². The first-order valence-corrected chi connectivity index (χ1v) is 8.54. The molecule has 0 amide bonds.